The maximum Gasteiger partial charge on any atom is 0.122 e. The molecule has 0 amide bonds. The van der Waals surface area contributed by atoms with E-state index in [9.17, 15) is 0 Å². The average Bonchev–Trinajstić information content (AvgIpc) is 2.45. The highest BCUT2D eigenvalue weighted by Gasteiger charge is 2.12. The van der Waals surface area contributed by atoms with Crippen LogP contribution in [-0.2, 0) is 12.0 Å². The molecule has 1 aromatic heterocycles. The lowest BCUT2D eigenvalue weighted by atomic mass is 9.87. The van der Waals surface area contributed by atoms with Crippen molar-refractivity contribution in [3.63, 3.8) is 0 Å². The predicted octanol–water partition coefficient (Wildman–Crippen LogP) is 3.59. The molecule has 1 aromatic carbocycles. The molecule has 4 heteroatoms. The molecule has 1 heterocycles. The Labute approximate surface area is 131 Å². The second-order valence-corrected chi connectivity index (χ2v) is 6.42. The normalized spacial score (nSPS) is 11.2. The SMILES string of the molecule is CC(C)(C)c1ccc(OCc2ccnc(C(N)=S)c2)cc1. The lowest BCUT2D eigenvalue weighted by Crippen LogP contribution is -2.12. The molecule has 0 aliphatic carbocycles. The van der Waals surface area contributed by atoms with Gasteiger partial charge >= 0.3 is 0 Å². The van der Waals surface area contributed by atoms with E-state index in [0.717, 1.165) is 11.3 Å². The van der Waals surface area contributed by atoms with E-state index in [2.05, 4.69) is 37.9 Å². The van der Waals surface area contributed by atoms with Crippen molar-refractivity contribution in [1.82, 2.24) is 4.98 Å². The first-order valence-electron chi connectivity index (χ1n) is 6.84. The number of aromatic nitrogens is 1. The van der Waals surface area contributed by atoms with E-state index in [4.69, 9.17) is 22.7 Å². The minimum Gasteiger partial charge on any atom is -0.489 e. The highest BCUT2D eigenvalue weighted by atomic mass is 32.1. The second-order valence-electron chi connectivity index (χ2n) is 5.98. The Morgan fingerprint density at radius 3 is 2.43 bits per heavy atom. The quantitative estimate of drug-likeness (QED) is 0.877. The van der Waals surface area contributed by atoms with Crippen molar-refractivity contribution in [1.29, 1.82) is 0 Å². The van der Waals surface area contributed by atoms with Gasteiger partial charge < -0.3 is 10.5 Å². The molecule has 0 radical (unpaired) electrons. The van der Waals surface area contributed by atoms with E-state index in [-0.39, 0.29) is 5.41 Å². The molecule has 0 atom stereocenters. The first kappa shape index (κ1) is 15.4. The molecule has 0 saturated carbocycles. The third-order valence-corrected chi connectivity index (χ3v) is 3.41. The summed E-state index contributed by atoms with van der Waals surface area (Å²) in [6.45, 7) is 7.04. The number of nitrogens with two attached hydrogens (primary N) is 1. The molecule has 2 rings (SSSR count). The predicted molar refractivity (Wildman–Crippen MR) is 89.6 cm³/mol. The Morgan fingerprint density at radius 2 is 1.86 bits per heavy atom. The summed E-state index contributed by atoms with van der Waals surface area (Å²) in [6.07, 6.45) is 1.69. The molecular formula is C17H20N2OS. The average molecular weight is 300 g/mol. The van der Waals surface area contributed by atoms with Crippen LogP contribution < -0.4 is 10.5 Å². The minimum absolute atomic E-state index is 0.148. The van der Waals surface area contributed by atoms with Gasteiger partial charge in [0.1, 0.15) is 17.3 Å². The van der Waals surface area contributed by atoms with Gasteiger partial charge in [0.05, 0.1) is 5.69 Å². The monoisotopic (exact) mass is 300 g/mol. The van der Waals surface area contributed by atoms with Gasteiger partial charge in [0.25, 0.3) is 0 Å². The molecule has 21 heavy (non-hydrogen) atoms. The highest BCUT2D eigenvalue weighted by molar-refractivity contribution is 7.80. The van der Waals surface area contributed by atoms with Crippen molar-refractivity contribution < 1.29 is 4.74 Å². The maximum absolute atomic E-state index is 5.78. The van der Waals surface area contributed by atoms with Gasteiger partial charge in [0.2, 0.25) is 0 Å². The second kappa shape index (κ2) is 6.22. The van der Waals surface area contributed by atoms with E-state index < -0.39 is 0 Å². The number of nitrogens with zero attached hydrogens (tertiary/aromatic N) is 1. The Balaban J connectivity index is 2.03. The van der Waals surface area contributed by atoms with Gasteiger partial charge in [0, 0.05) is 6.20 Å². The number of pyridine rings is 1. The summed E-state index contributed by atoms with van der Waals surface area (Å²) in [6, 6.07) is 11.9. The van der Waals surface area contributed by atoms with Crippen molar-refractivity contribution in [2.24, 2.45) is 5.73 Å². The summed E-state index contributed by atoms with van der Waals surface area (Å²) in [5.41, 5.74) is 8.62. The van der Waals surface area contributed by atoms with Gasteiger partial charge in [-0.15, -0.1) is 0 Å². The van der Waals surface area contributed by atoms with Gasteiger partial charge in [-0.3, -0.25) is 4.98 Å². The van der Waals surface area contributed by atoms with Crippen LogP contribution in [0.1, 0.15) is 37.6 Å². The zero-order valence-electron chi connectivity index (χ0n) is 12.6. The summed E-state index contributed by atoms with van der Waals surface area (Å²) >= 11 is 4.92. The van der Waals surface area contributed by atoms with Crippen LogP contribution in [0, 0.1) is 0 Å². The Kier molecular flexibility index (Phi) is 4.58. The fourth-order valence-electron chi connectivity index (χ4n) is 1.92. The molecule has 2 aromatic rings. The molecule has 3 nitrogen and oxygen atoms in total. The lowest BCUT2D eigenvalue weighted by molar-refractivity contribution is 0.306. The fourth-order valence-corrected chi connectivity index (χ4v) is 2.03. The Hall–Kier alpha value is -1.94. The zero-order valence-corrected chi connectivity index (χ0v) is 13.4. The molecular weight excluding hydrogens is 280 g/mol. The number of ether oxygens (including phenoxy) is 1. The van der Waals surface area contributed by atoms with Crippen molar-refractivity contribution in [2.75, 3.05) is 0 Å². The summed E-state index contributed by atoms with van der Waals surface area (Å²) < 4.78 is 5.78. The van der Waals surface area contributed by atoms with Gasteiger partial charge in [0.15, 0.2) is 0 Å². The number of hydrogen-bond donors (Lipinski definition) is 1. The van der Waals surface area contributed by atoms with Crippen LogP contribution >= 0.6 is 12.2 Å². The molecule has 110 valence electrons. The van der Waals surface area contributed by atoms with Crippen LogP contribution in [0.15, 0.2) is 42.6 Å². The van der Waals surface area contributed by atoms with Crippen molar-refractivity contribution in [3.05, 3.63) is 59.4 Å². The third-order valence-electron chi connectivity index (χ3n) is 3.20. The van der Waals surface area contributed by atoms with Crippen molar-refractivity contribution in [2.45, 2.75) is 32.8 Å². The van der Waals surface area contributed by atoms with Crippen LogP contribution in [0.3, 0.4) is 0 Å². The highest BCUT2D eigenvalue weighted by Crippen LogP contribution is 2.24. The van der Waals surface area contributed by atoms with E-state index in [1.165, 1.54) is 5.56 Å². The maximum atomic E-state index is 5.78. The standard InChI is InChI=1S/C17H20N2OS/c1-17(2,3)13-4-6-14(7-5-13)20-11-12-8-9-19-15(10-12)16(18)21/h4-10H,11H2,1-3H3,(H2,18,21). The smallest absolute Gasteiger partial charge is 0.122 e. The first-order chi connectivity index (χ1) is 9.86. The molecule has 2 N–H and O–H groups in total. The lowest BCUT2D eigenvalue weighted by Gasteiger charge is -2.19. The summed E-state index contributed by atoms with van der Waals surface area (Å²) in [5.74, 6) is 0.844. The molecule has 0 bridgehead atoms. The van der Waals surface area contributed by atoms with Crippen molar-refractivity contribution in [3.8, 4) is 5.75 Å². The van der Waals surface area contributed by atoms with Crippen LogP contribution in [-0.4, -0.2) is 9.97 Å². The zero-order chi connectivity index (χ0) is 15.5. The number of rotatable bonds is 4. The van der Waals surface area contributed by atoms with Crippen molar-refractivity contribution >= 4 is 17.2 Å². The van der Waals surface area contributed by atoms with E-state index in [1.807, 2.05) is 24.3 Å². The van der Waals surface area contributed by atoms with Crippen LogP contribution in [0.4, 0.5) is 0 Å². The van der Waals surface area contributed by atoms with Gasteiger partial charge in [-0.25, -0.2) is 0 Å². The summed E-state index contributed by atoms with van der Waals surface area (Å²) in [4.78, 5) is 4.41. The largest absolute Gasteiger partial charge is 0.489 e. The van der Waals surface area contributed by atoms with Crippen LogP contribution in [0.2, 0.25) is 0 Å². The molecule has 0 fully saturated rings. The van der Waals surface area contributed by atoms with Gasteiger partial charge in [-0.05, 0) is 40.8 Å². The van der Waals surface area contributed by atoms with E-state index in [0.29, 0.717) is 17.3 Å². The third kappa shape index (κ3) is 4.26. The summed E-state index contributed by atoms with van der Waals surface area (Å²) in [5, 5.41) is 0. The fraction of sp³-hybridized carbons (Fsp3) is 0.294. The van der Waals surface area contributed by atoms with Gasteiger partial charge in [-0.2, -0.15) is 0 Å². The number of hydrogen-bond acceptors (Lipinski definition) is 3. The Morgan fingerprint density at radius 1 is 1.19 bits per heavy atom. The van der Waals surface area contributed by atoms with Crippen LogP contribution in [0.25, 0.3) is 0 Å². The molecule has 0 unspecified atom stereocenters. The summed E-state index contributed by atoms with van der Waals surface area (Å²) in [7, 11) is 0. The molecule has 0 aliphatic heterocycles. The Bertz CT molecular complexity index is 630. The molecule has 0 aliphatic rings. The van der Waals surface area contributed by atoms with E-state index in [1.54, 1.807) is 6.20 Å². The molecule has 0 spiro atoms. The number of benzene rings is 1. The van der Waals surface area contributed by atoms with Gasteiger partial charge in [-0.1, -0.05) is 45.1 Å². The first-order valence-corrected chi connectivity index (χ1v) is 7.25. The van der Waals surface area contributed by atoms with E-state index >= 15 is 0 Å². The minimum atomic E-state index is 0.148. The van der Waals surface area contributed by atoms with Crippen LogP contribution in [0.5, 0.6) is 5.75 Å². The topological polar surface area (TPSA) is 48.1 Å². The molecule has 0 saturated heterocycles. The number of thiocarbonyl (C=S) groups is 1.